The summed E-state index contributed by atoms with van der Waals surface area (Å²) in [5, 5.41) is 21.3. The molecule has 3 heterocycles. The molecule has 1 aromatic heterocycles. The molecule has 1 aliphatic carbocycles. The first-order valence-corrected chi connectivity index (χ1v) is 9.38. The van der Waals surface area contributed by atoms with Gasteiger partial charge in [-0.25, -0.2) is 0 Å². The summed E-state index contributed by atoms with van der Waals surface area (Å²) in [5.41, 5.74) is 3.85. The van der Waals surface area contributed by atoms with Gasteiger partial charge in [0.1, 0.15) is 0 Å². The summed E-state index contributed by atoms with van der Waals surface area (Å²) >= 11 is 0. The van der Waals surface area contributed by atoms with Crippen molar-refractivity contribution < 1.29 is 15.0 Å². The number of aromatic nitrogens is 1. The highest BCUT2D eigenvalue weighted by Crippen LogP contribution is 2.49. The van der Waals surface area contributed by atoms with Gasteiger partial charge in [0.25, 0.3) is 0 Å². The van der Waals surface area contributed by atoms with Crippen LogP contribution in [0.15, 0.2) is 24.3 Å². The number of H-pyrrole nitrogens is 1. The van der Waals surface area contributed by atoms with Crippen molar-refractivity contribution >= 4 is 16.9 Å². The van der Waals surface area contributed by atoms with Crippen LogP contribution in [0.5, 0.6) is 0 Å². The molecular weight excluding hydrogens is 316 g/mol. The Morgan fingerprint density at radius 3 is 2.92 bits per heavy atom. The van der Waals surface area contributed by atoms with Crippen molar-refractivity contribution in [1.29, 1.82) is 0 Å². The highest BCUT2D eigenvalue weighted by atomic mass is 16.4. The van der Waals surface area contributed by atoms with E-state index in [-0.39, 0.29) is 12.0 Å². The first kappa shape index (κ1) is 15.4. The quantitative estimate of drug-likeness (QED) is 0.746. The molecule has 5 heteroatoms. The van der Waals surface area contributed by atoms with Crippen LogP contribution in [-0.4, -0.2) is 45.3 Å². The average Bonchev–Trinajstić information content (AvgIpc) is 2.99. The zero-order chi connectivity index (χ0) is 17.1. The van der Waals surface area contributed by atoms with Gasteiger partial charge in [0.2, 0.25) is 0 Å². The molecule has 3 aliphatic rings. The minimum atomic E-state index is -0.830. The number of benzene rings is 1. The minimum Gasteiger partial charge on any atom is -0.481 e. The first-order valence-electron chi connectivity index (χ1n) is 9.38. The standard InChI is InChI=1S/C20H24N2O3/c23-17-6-5-11-10-22-8-7-13-12-3-1-2-4-15(12)21-19(13)16(22)9-14(11)18(17)20(24)25/h1-4,11,14,16-18,21,23H,5-10H2,(H,24,25)/t11?,14-,16-,17-,18+/m0/s1. The number of para-hydroxylation sites is 1. The van der Waals surface area contributed by atoms with Crippen LogP contribution < -0.4 is 0 Å². The number of hydrogen-bond donors (Lipinski definition) is 3. The number of piperidine rings is 1. The van der Waals surface area contributed by atoms with Crippen LogP contribution in [0.4, 0.5) is 0 Å². The topological polar surface area (TPSA) is 76.6 Å². The number of aliphatic carboxylic acids is 1. The van der Waals surface area contributed by atoms with Crippen molar-refractivity contribution in [2.45, 2.75) is 37.8 Å². The molecule has 5 atom stereocenters. The largest absolute Gasteiger partial charge is 0.481 e. The Morgan fingerprint density at radius 1 is 1.24 bits per heavy atom. The molecule has 2 fully saturated rings. The van der Waals surface area contributed by atoms with Crippen LogP contribution in [0, 0.1) is 17.8 Å². The first-order chi connectivity index (χ1) is 12.1. The third-order valence-corrected chi connectivity index (χ3v) is 6.83. The molecule has 0 amide bonds. The fourth-order valence-electron chi connectivity index (χ4n) is 5.68. The Balaban J connectivity index is 1.54. The van der Waals surface area contributed by atoms with Crippen LogP contribution in [0.1, 0.15) is 36.6 Å². The predicted octanol–water partition coefficient (Wildman–Crippen LogP) is 2.56. The number of hydrogen-bond acceptors (Lipinski definition) is 3. The Hall–Kier alpha value is -1.85. The van der Waals surface area contributed by atoms with Crippen LogP contribution in [-0.2, 0) is 11.2 Å². The number of carboxylic acids is 1. The van der Waals surface area contributed by atoms with Crippen LogP contribution in [0.3, 0.4) is 0 Å². The van der Waals surface area contributed by atoms with Gasteiger partial charge < -0.3 is 15.2 Å². The zero-order valence-electron chi connectivity index (χ0n) is 14.2. The third-order valence-electron chi connectivity index (χ3n) is 6.83. The second kappa shape index (κ2) is 5.58. The van der Waals surface area contributed by atoms with Gasteiger partial charge in [-0.1, -0.05) is 18.2 Å². The summed E-state index contributed by atoms with van der Waals surface area (Å²) in [6.07, 6.45) is 2.75. The molecule has 5 rings (SSSR count). The molecule has 0 spiro atoms. The molecule has 25 heavy (non-hydrogen) atoms. The number of aliphatic hydroxyl groups is 1. The van der Waals surface area contributed by atoms with Gasteiger partial charge in [-0.2, -0.15) is 0 Å². The lowest BCUT2D eigenvalue weighted by Crippen LogP contribution is -2.53. The average molecular weight is 340 g/mol. The van der Waals surface area contributed by atoms with Crippen molar-refractivity contribution in [3.8, 4) is 0 Å². The number of carboxylic acid groups (broad SMARTS) is 1. The van der Waals surface area contributed by atoms with Gasteiger partial charge in [0.15, 0.2) is 0 Å². The molecule has 1 saturated heterocycles. The van der Waals surface area contributed by atoms with E-state index < -0.39 is 18.0 Å². The fraction of sp³-hybridized carbons (Fsp3) is 0.550. The highest BCUT2D eigenvalue weighted by Gasteiger charge is 2.49. The van der Waals surface area contributed by atoms with Gasteiger partial charge in [0, 0.05) is 29.7 Å². The second-order valence-electron chi connectivity index (χ2n) is 7.99. The maximum atomic E-state index is 11.8. The Morgan fingerprint density at radius 2 is 2.08 bits per heavy atom. The van der Waals surface area contributed by atoms with E-state index in [1.807, 2.05) is 0 Å². The molecule has 2 aliphatic heterocycles. The lowest BCUT2D eigenvalue weighted by molar-refractivity contribution is -0.156. The number of carbonyl (C=O) groups is 1. The Labute approximate surface area is 146 Å². The fourth-order valence-corrected chi connectivity index (χ4v) is 5.68. The maximum Gasteiger partial charge on any atom is 0.309 e. The maximum absolute atomic E-state index is 11.8. The number of aliphatic hydroxyl groups excluding tert-OH is 1. The number of nitrogens with one attached hydrogen (secondary N) is 1. The molecule has 3 N–H and O–H groups in total. The minimum absolute atomic E-state index is 0.0693. The van der Waals surface area contributed by atoms with E-state index in [4.69, 9.17) is 0 Å². The molecule has 1 unspecified atom stereocenters. The molecule has 1 aromatic carbocycles. The van der Waals surface area contributed by atoms with Gasteiger partial charge in [0.05, 0.1) is 18.1 Å². The van der Waals surface area contributed by atoms with E-state index in [0.717, 1.165) is 32.4 Å². The van der Waals surface area contributed by atoms with E-state index in [1.165, 1.54) is 22.2 Å². The zero-order valence-corrected chi connectivity index (χ0v) is 14.2. The van der Waals surface area contributed by atoms with E-state index in [2.05, 4.69) is 34.1 Å². The summed E-state index contributed by atoms with van der Waals surface area (Å²) in [4.78, 5) is 17.9. The van der Waals surface area contributed by atoms with Crippen LogP contribution in [0.2, 0.25) is 0 Å². The van der Waals surface area contributed by atoms with Crippen molar-refractivity contribution in [3.63, 3.8) is 0 Å². The van der Waals surface area contributed by atoms with E-state index in [0.29, 0.717) is 12.3 Å². The van der Waals surface area contributed by atoms with Gasteiger partial charge >= 0.3 is 5.97 Å². The van der Waals surface area contributed by atoms with Crippen LogP contribution >= 0.6 is 0 Å². The van der Waals surface area contributed by atoms with E-state index in [9.17, 15) is 15.0 Å². The Kier molecular flexibility index (Phi) is 3.44. The second-order valence-corrected chi connectivity index (χ2v) is 7.99. The highest BCUT2D eigenvalue weighted by molar-refractivity contribution is 5.85. The van der Waals surface area contributed by atoms with E-state index in [1.54, 1.807) is 0 Å². The molecule has 0 radical (unpaired) electrons. The van der Waals surface area contributed by atoms with E-state index >= 15 is 0 Å². The van der Waals surface area contributed by atoms with Crippen molar-refractivity contribution in [3.05, 3.63) is 35.5 Å². The number of nitrogens with zero attached hydrogens (tertiary/aromatic N) is 1. The van der Waals surface area contributed by atoms with Gasteiger partial charge in [-0.05, 0) is 49.1 Å². The number of aromatic amines is 1. The molecular formula is C20H24N2O3. The summed E-state index contributed by atoms with van der Waals surface area (Å²) in [7, 11) is 0. The lowest BCUT2D eigenvalue weighted by atomic mass is 9.65. The summed E-state index contributed by atoms with van der Waals surface area (Å²) in [6, 6.07) is 8.68. The SMILES string of the molecule is O=C(O)[C@H]1[C@@H](O)CCC2CN3CCc4c([nH]c5ccccc45)[C@@H]3C[C@@H]21. The van der Waals surface area contributed by atoms with Gasteiger partial charge in [-0.15, -0.1) is 0 Å². The normalized spacial score (nSPS) is 35.0. The summed E-state index contributed by atoms with van der Waals surface area (Å²) < 4.78 is 0. The number of fused-ring (bicyclic) bond motifs is 6. The van der Waals surface area contributed by atoms with Crippen LogP contribution in [0.25, 0.3) is 10.9 Å². The van der Waals surface area contributed by atoms with Crippen molar-refractivity contribution in [2.24, 2.45) is 17.8 Å². The molecule has 2 aromatic rings. The number of rotatable bonds is 1. The Bertz CT molecular complexity index is 829. The molecule has 1 saturated carbocycles. The lowest BCUT2D eigenvalue weighted by Gasteiger charge is -2.50. The molecule has 132 valence electrons. The summed E-state index contributed by atoms with van der Waals surface area (Å²) in [5.74, 6) is -0.981. The smallest absolute Gasteiger partial charge is 0.309 e. The van der Waals surface area contributed by atoms with Gasteiger partial charge in [-0.3, -0.25) is 9.69 Å². The van der Waals surface area contributed by atoms with Crippen molar-refractivity contribution in [1.82, 2.24) is 9.88 Å². The monoisotopic (exact) mass is 340 g/mol. The molecule has 0 bridgehead atoms. The molecule has 5 nitrogen and oxygen atoms in total. The van der Waals surface area contributed by atoms with Crippen molar-refractivity contribution in [2.75, 3.05) is 13.1 Å². The third kappa shape index (κ3) is 2.26. The summed E-state index contributed by atoms with van der Waals surface area (Å²) in [6.45, 7) is 2.00. The predicted molar refractivity (Wildman–Crippen MR) is 94.3 cm³/mol.